The molecule has 0 aromatic heterocycles. The van der Waals surface area contributed by atoms with Crippen molar-refractivity contribution in [2.45, 2.75) is 61.7 Å². The maximum atomic E-state index is 13.0. The SMILES string of the molecule is CCCC(NC(=O)C1CC2(CN1C)SCCCS2)C(=O)C(=O)NCC(=O)N[C@@H](C)C(=O)N(C)C. The molecule has 0 radical (unpaired) electrons. The quantitative estimate of drug-likeness (QED) is 0.342. The number of likely N-dealkylation sites (tertiary alicyclic amines) is 1. The first kappa shape index (κ1) is 28.4. The van der Waals surface area contributed by atoms with Crippen LogP contribution >= 0.6 is 23.5 Å². The van der Waals surface area contributed by atoms with Gasteiger partial charge in [0.2, 0.25) is 23.5 Å². The lowest BCUT2D eigenvalue weighted by Gasteiger charge is -2.31. The molecule has 2 saturated heterocycles. The molecule has 0 aromatic carbocycles. The van der Waals surface area contributed by atoms with Crippen molar-refractivity contribution < 1.29 is 24.0 Å². The fourth-order valence-electron chi connectivity index (χ4n) is 4.10. The Labute approximate surface area is 210 Å². The van der Waals surface area contributed by atoms with Gasteiger partial charge >= 0.3 is 0 Å². The zero-order valence-electron chi connectivity index (χ0n) is 20.6. The van der Waals surface area contributed by atoms with Gasteiger partial charge in [0.25, 0.3) is 5.91 Å². The van der Waals surface area contributed by atoms with E-state index in [2.05, 4.69) is 16.0 Å². The van der Waals surface area contributed by atoms with Crippen molar-refractivity contribution in [2.75, 3.05) is 45.7 Å². The fourth-order valence-corrected chi connectivity index (χ4v) is 7.58. The molecule has 192 valence electrons. The topological polar surface area (TPSA) is 128 Å². The number of hydrogen-bond donors (Lipinski definition) is 3. The van der Waals surface area contributed by atoms with Crippen molar-refractivity contribution in [3.05, 3.63) is 0 Å². The van der Waals surface area contributed by atoms with E-state index in [4.69, 9.17) is 0 Å². The molecular formula is C22H37N5O5S2. The van der Waals surface area contributed by atoms with Crippen LogP contribution in [0.25, 0.3) is 0 Å². The Morgan fingerprint density at radius 1 is 1.12 bits per heavy atom. The van der Waals surface area contributed by atoms with Crippen molar-refractivity contribution in [2.24, 2.45) is 0 Å². The second kappa shape index (κ2) is 12.8. The summed E-state index contributed by atoms with van der Waals surface area (Å²) in [5.41, 5.74) is 0. The summed E-state index contributed by atoms with van der Waals surface area (Å²) in [6.07, 6.45) is 2.80. The van der Waals surface area contributed by atoms with Gasteiger partial charge in [0.15, 0.2) is 0 Å². The molecule has 4 amide bonds. The van der Waals surface area contributed by atoms with Crippen LogP contribution in [0.15, 0.2) is 0 Å². The molecule has 2 aliphatic rings. The molecule has 2 unspecified atom stereocenters. The number of carbonyl (C=O) groups is 5. The van der Waals surface area contributed by atoms with E-state index in [-0.39, 0.29) is 21.9 Å². The molecule has 0 aliphatic carbocycles. The van der Waals surface area contributed by atoms with Gasteiger partial charge in [0, 0.05) is 20.6 Å². The van der Waals surface area contributed by atoms with Crippen LogP contribution in [0.1, 0.15) is 39.5 Å². The summed E-state index contributed by atoms with van der Waals surface area (Å²) >= 11 is 3.81. The second-order valence-electron chi connectivity index (χ2n) is 9.01. The highest BCUT2D eigenvalue weighted by Gasteiger charge is 2.47. The van der Waals surface area contributed by atoms with Crippen LogP contribution in [0, 0.1) is 0 Å². The first-order chi connectivity index (χ1) is 16.0. The van der Waals surface area contributed by atoms with Crippen LogP contribution in [0.3, 0.4) is 0 Å². The Morgan fingerprint density at radius 2 is 1.76 bits per heavy atom. The van der Waals surface area contributed by atoms with Crippen molar-refractivity contribution in [3.63, 3.8) is 0 Å². The summed E-state index contributed by atoms with van der Waals surface area (Å²) < 4.78 is 0.00904. The number of likely N-dealkylation sites (N-methyl/N-ethyl adjacent to an activating group) is 2. The highest BCUT2D eigenvalue weighted by Crippen LogP contribution is 2.49. The number of Topliss-reactive ketones (excluding diaryl/α,β-unsaturated/α-hetero) is 1. The molecule has 3 N–H and O–H groups in total. The van der Waals surface area contributed by atoms with Crippen LogP contribution in [-0.4, -0.2) is 107 Å². The van der Waals surface area contributed by atoms with Crippen molar-refractivity contribution >= 4 is 52.9 Å². The van der Waals surface area contributed by atoms with Crippen LogP contribution in [-0.2, 0) is 24.0 Å². The van der Waals surface area contributed by atoms with E-state index in [0.29, 0.717) is 19.3 Å². The summed E-state index contributed by atoms with van der Waals surface area (Å²) in [7, 11) is 5.06. The number of hydrogen-bond acceptors (Lipinski definition) is 8. The first-order valence-electron chi connectivity index (χ1n) is 11.6. The van der Waals surface area contributed by atoms with Gasteiger partial charge in [-0.15, -0.1) is 23.5 Å². The van der Waals surface area contributed by atoms with Gasteiger partial charge in [-0.3, -0.25) is 28.9 Å². The standard InChI is InChI=1S/C22H37N5O5S2/c1-6-8-15(18(29)20(31)23-12-17(28)24-14(2)21(32)26(3)4)25-19(30)16-11-22(13-27(16)5)33-9-7-10-34-22/h14-16H,6-13H2,1-5H3,(H,23,31)(H,24,28)(H,25,30)/t14-,15?,16?/m0/s1. The van der Waals surface area contributed by atoms with E-state index in [9.17, 15) is 24.0 Å². The highest BCUT2D eigenvalue weighted by molar-refractivity contribution is 8.18. The summed E-state index contributed by atoms with van der Waals surface area (Å²) in [6, 6.07) is -2.06. The predicted octanol–water partition coefficient (Wildman–Crippen LogP) is -0.180. The van der Waals surface area contributed by atoms with Crippen LogP contribution in [0.2, 0.25) is 0 Å². The third-order valence-corrected chi connectivity index (χ3v) is 9.22. The number of thioether (sulfide) groups is 2. The highest BCUT2D eigenvalue weighted by atomic mass is 32.2. The summed E-state index contributed by atoms with van der Waals surface area (Å²) in [5.74, 6) is -0.665. The van der Waals surface area contributed by atoms with Crippen LogP contribution in [0.5, 0.6) is 0 Å². The van der Waals surface area contributed by atoms with Gasteiger partial charge in [0.1, 0.15) is 6.04 Å². The smallest absolute Gasteiger partial charge is 0.290 e. The van der Waals surface area contributed by atoms with Crippen LogP contribution in [0.4, 0.5) is 0 Å². The third kappa shape index (κ3) is 7.61. The predicted molar refractivity (Wildman–Crippen MR) is 134 cm³/mol. The summed E-state index contributed by atoms with van der Waals surface area (Å²) in [4.78, 5) is 65.5. The third-order valence-electron chi connectivity index (χ3n) is 5.88. The minimum absolute atomic E-state index is 0.00904. The molecule has 3 atom stereocenters. The van der Waals surface area contributed by atoms with Gasteiger partial charge in [-0.1, -0.05) is 13.3 Å². The van der Waals surface area contributed by atoms with E-state index < -0.39 is 36.2 Å². The Balaban J connectivity index is 1.90. The number of rotatable bonds is 10. The molecule has 2 fully saturated rings. The Bertz CT molecular complexity index is 788. The van der Waals surface area contributed by atoms with E-state index in [1.54, 1.807) is 14.1 Å². The lowest BCUT2D eigenvalue weighted by molar-refractivity contribution is -0.141. The van der Waals surface area contributed by atoms with Crippen molar-refractivity contribution in [3.8, 4) is 0 Å². The van der Waals surface area contributed by atoms with E-state index in [0.717, 1.165) is 18.1 Å². The lowest BCUT2D eigenvalue weighted by Crippen LogP contribution is -2.53. The molecule has 0 aromatic rings. The molecular weight excluding hydrogens is 478 g/mol. The van der Waals surface area contributed by atoms with Gasteiger partial charge in [0.05, 0.1) is 22.7 Å². The maximum Gasteiger partial charge on any atom is 0.290 e. The van der Waals surface area contributed by atoms with Crippen LogP contribution < -0.4 is 16.0 Å². The normalized spacial score (nSPS) is 21.4. The second-order valence-corrected chi connectivity index (χ2v) is 12.2. The minimum Gasteiger partial charge on any atom is -0.347 e. The summed E-state index contributed by atoms with van der Waals surface area (Å²) in [6.45, 7) is 3.77. The average Bonchev–Trinajstić information content (AvgIpc) is 3.11. The fraction of sp³-hybridized carbons (Fsp3) is 0.773. The largest absolute Gasteiger partial charge is 0.347 e. The van der Waals surface area contributed by atoms with Gasteiger partial charge < -0.3 is 20.9 Å². The number of ketones is 1. The zero-order chi connectivity index (χ0) is 25.5. The summed E-state index contributed by atoms with van der Waals surface area (Å²) in [5, 5.41) is 7.56. The zero-order valence-corrected chi connectivity index (χ0v) is 22.3. The van der Waals surface area contributed by atoms with E-state index in [1.807, 2.05) is 42.4 Å². The van der Waals surface area contributed by atoms with Gasteiger partial charge in [-0.2, -0.15) is 0 Å². The number of amides is 4. The van der Waals surface area contributed by atoms with Crippen molar-refractivity contribution in [1.82, 2.24) is 25.8 Å². The molecule has 12 heteroatoms. The molecule has 2 aliphatic heterocycles. The Kier molecular flexibility index (Phi) is 10.7. The number of nitrogens with one attached hydrogen (secondary N) is 3. The van der Waals surface area contributed by atoms with E-state index >= 15 is 0 Å². The maximum absolute atomic E-state index is 13.0. The Morgan fingerprint density at radius 3 is 2.35 bits per heavy atom. The van der Waals surface area contributed by atoms with Gasteiger partial charge in [-0.05, 0) is 44.7 Å². The minimum atomic E-state index is -0.952. The number of carbonyl (C=O) groups excluding carboxylic acids is 5. The molecule has 1 spiro atoms. The molecule has 10 nitrogen and oxygen atoms in total. The monoisotopic (exact) mass is 515 g/mol. The molecule has 34 heavy (non-hydrogen) atoms. The lowest BCUT2D eigenvalue weighted by atomic mass is 10.1. The molecule has 0 bridgehead atoms. The first-order valence-corrected chi connectivity index (χ1v) is 13.6. The Hall–Kier alpha value is -1.79. The van der Waals surface area contributed by atoms with Crippen molar-refractivity contribution in [1.29, 1.82) is 0 Å². The van der Waals surface area contributed by atoms with E-state index in [1.165, 1.54) is 18.2 Å². The molecule has 2 rings (SSSR count). The molecule has 0 saturated carbocycles. The molecule has 2 heterocycles. The number of nitrogens with zero attached hydrogens (tertiary/aromatic N) is 2. The average molecular weight is 516 g/mol. The van der Waals surface area contributed by atoms with Gasteiger partial charge in [-0.25, -0.2) is 0 Å².